The van der Waals surface area contributed by atoms with E-state index in [2.05, 4.69) is 10.6 Å². The number of benzene rings is 3. The van der Waals surface area contributed by atoms with E-state index in [9.17, 15) is 19.7 Å². The number of nitro groups is 1. The lowest BCUT2D eigenvalue weighted by atomic mass is 10.0. The van der Waals surface area contributed by atoms with E-state index in [-0.39, 0.29) is 24.6 Å². The first kappa shape index (κ1) is 19.0. The van der Waals surface area contributed by atoms with E-state index in [0.29, 0.717) is 11.3 Å². The van der Waals surface area contributed by atoms with Crippen LogP contribution in [0.25, 0.3) is 10.8 Å². The molecule has 0 aliphatic carbocycles. The molecular weight excluding hydrogens is 358 g/mol. The van der Waals surface area contributed by atoms with Crippen LogP contribution in [0.4, 0.5) is 11.4 Å². The number of aryl methyl sites for hydroxylation is 1. The van der Waals surface area contributed by atoms with Crippen LogP contribution in [0, 0.1) is 17.0 Å². The fraction of sp³-hybridized carbons (Fsp3) is 0.143. The van der Waals surface area contributed by atoms with Crippen LogP contribution in [-0.2, 0) is 16.0 Å². The van der Waals surface area contributed by atoms with E-state index in [1.54, 1.807) is 19.1 Å². The Labute approximate surface area is 161 Å². The van der Waals surface area contributed by atoms with Crippen molar-refractivity contribution < 1.29 is 14.5 Å². The van der Waals surface area contributed by atoms with E-state index in [4.69, 9.17) is 0 Å². The third-order valence-electron chi connectivity index (χ3n) is 4.37. The molecule has 3 aromatic rings. The van der Waals surface area contributed by atoms with Gasteiger partial charge in [0.05, 0.1) is 17.9 Å². The predicted molar refractivity (Wildman–Crippen MR) is 107 cm³/mol. The summed E-state index contributed by atoms with van der Waals surface area (Å²) in [5.74, 6) is -0.731. The molecule has 142 valence electrons. The topological polar surface area (TPSA) is 101 Å². The van der Waals surface area contributed by atoms with E-state index < -0.39 is 10.8 Å². The molecule has 0 atom stereocenters. The number of nitro benzene ring substituents is 1. The maximum atomic E-state index is 12.2. The summed E-state index contributed by atoms with van der Waals surface area (Å²) in [4.78, 5) is 34.7. The fourth-order valence-electron chi connectivity index (χ4n) is 2.95. The van der Waals surface area contributed by atoms with Crippen LogP contribution >= 0.6 is 0 Å². The van der Waals surface area contributed by atoms with Gasteiger partial charge in [0.15, 0.2) is 0 Å². The predicted octanol–water partition coefficient (Wildman–Crippen LogP) is 3.35. The molecule has 0 saturated carbocycles. The van der Waals surface area contributed by atoms with Crippen LogP contribution in [0.15, 0.2) is 60.7 Å². The number of anilines is 1. The van der Waals surface area contributed by atoms with Gasteiger partial charge in [0, 0.05) is 17.3 Å². The third kappa shape index (κ3) is 4.50. The number of nitrogens with zero attached hydrogens (tertiary/aromatic N) is 1. The first-order valence-corrected chi connectivity index (χ1v) is 8.72. The zero-order chi connectivity index (χ0) is 20.1. The Morgan fingerprint density at radius 2 is 1.75 bits per heavy atom. The quantitative estimate of drug-likeness (QED) is 0.508. The van der Waals surface area contributed by atoms with Crippen molar-refractivity contribution in [2.75, 3.05) is 11.9 Å². The van der Waals surface area contributed by atoms with E-state index in [1.807, 2.05) is 42.5 Å². The maximum absolute atomic E-state index is 12.2. The number of fused-ring (bicyclic) bond motifs is 1. The lowest BCUT2D eigenvalue weighted by Gasteiger charge is -2.09. The Morgan fingerprint density at radius 1 is 1.00 bits per heavy atom. The van der Waals surface area contributed by atoms with Crippen molar-refractivity contribution in [3.8, 4) is 0 Å². The van der Waals surface area contributed by atoms with Gasteiger partial charge in [-0.25, -0.2) is 0 Å². The van der Waals surface area contributed by atoms with E-state index >= 15 is 0 Å². The highest BCUT2D eigenvalue weighted by Crippen LogP contribution is 2.22. The van der Waals surface area contributed by atoms with Gasteiger partial charge in [-0.3, -0.25) is 19.7 Å². The Bertz CT molecular complexity index is 1060. The standard InChI is InChI=1S/C21H19N3O4/c1-14-9-10-17(12-19(14)24(27)28)23-21(26)13-22-20(25)11-16-7-4-6-15-5-2-3-8-18(15)16/h2-10,12H,11,13H2,1H3,(H,22,25)(H,23,26). The van der Waals surface area contributed by atoms with Crippen LogP contribution in [0.2, 0.25) is 0 Å². The number of hydrogen-bond donors (Lipinski definition) is 2. The molecule has 0 aliphatic heterocycles. The van der Waals surface area contributed by atoms with Crippen molar-refractivity contribution in [2.45, 2.75) is 13.3 Å². The molecule has 0 heterocycles. The molecule has 3 aromatic carbocycles. The Kier molecular flexibility index (Phi) is 5.64. The van der Waals surface area contributed by atoms with Gasteiger partial charge >= 0.3 is 0 Å². The van der Waals surface area contributed by atoms with Crippen LogP contribution in [0.3, 0.4) is 0 Å². The molecule has 0 bridgehead atoms. The van der Waals surface area contributed by atoms with Crippen molar-refractivity contribution in [1.29, 1.82) is 0 Å². The minimum atomic E-state index is -0.503. The van der Waals surface area contributed by atoms with Crippen molar-refractivity contribution >= 4 is 34.0 Å². The lowest BCUT2D eigenvalue weighted by Crippen LogP contribution is -2.33. The van der Waals surface area contributed by atoms with Crippen LogP contribution in [0.5, 0.6) is 0 Å². The number of hydrogen-bond acceptors (Lipinski definition) is 4. The molecular formula is C21H19N3O4. The summed E-state index contributed by atoms with van der Waals surface area (Å²) in [5.41, 5.74) is 1.62. The van der Waals surface area contributed by atoms with Crippen LogP contribution in [-0.4, -0.2) is 23.3 Å². The van der Waals surface area contributed by atoms with Gasteiger partial charge in [0.1, 0.15) is 0 Å². The largest absolute Gasteiger partial charge is 0.347 e. The number of carbonyl (C=O) groups is 2. The number of carbonyl (C=O) groups excluding carboxylic acids is 2. The summed E-state index contributed by atoms with van der Waals surface area (Å²) in [5, 5.41) is 18.2. The average molecular weight is 377 g/mol. The normalized spacial score (nSPS) is 10.5. The van der Waals surface area contributed by atoms with Gasteiger partial charge < -0.3 is 10.6 Å². The third-order valence-corrected chi connectivity index (χ3v) is 4.37. The summed E-state index contributed by atoms with van der Waals surface area (Å²) in [6, 6.07) is 18.0. The average Bonchev–Trinajstić information content (AvgIpc) is 2.68. The monoisotopic (exact) mass is 377 g/mol. The summed E-state index contributed by atoms with van der Waals surface area (Å²) >= 11 is 0. The summed E-state index contributed by atoms with van der Waals surface area (Å²) in [7, 11) is 0. The minimum absolute atomic E-state index is 0.0715. The van der Waals surface area contributed by atoms with Gasteiger partial charge in [-0.15, -0.1) is 0 Å². The van der Waals surface area contributed by atoms with Crippen LogP contribution in [0.1, 0.15) is 11.1 Å². The van der Waals surface area contributed by atoms with Gasteiger partial charge in [-0.05, 0) is 29.3 Å². The molecule has 0 saturated heterocycles. The number of nitrogens with one attached hydrogen (secondary N) is 2. The summed E-state index contributed by atoms with van der Waals surface area (Å²) in [6.07, 6.45) is 0.157. The van der Waals surface area contributed by atoms with E-state index in [1.165, 1.54) is 6.07 Å². The second-order valence-electron chi connectivity index (χ2n) is 6.40. The van der Waals surface area contributed by atoms with Crippen LogP contribution < -0.4 is 10.6 Å². The molecule has 0 spiro atoms. The zero-order valence-corrected chi connectivity index (χ0v) is 15.3. The molecule has 28 heavy (non-hydrogen) atoms. The van der Waals surface area contributed by atoms with Gasteiger partial charge in [0.2, 0.25) is 11.8 Å². The van der Waals surface area contributed by atoms with E-state index in [0.717, 1.165) is 16.3 Å². The highest BCUT2D eigenvalue weighted by molar-refractivity contribution is 5.96. The molecule has 2 N–H and O–H groups in total. The minimum Gasteiger partial charge on any atom is -0.347 e. The van der Waals surface area contributed by atoms with Gasteiger partial charge in [-0.2, -0.15) is 0 Å². The van der Waals surface area contributed by atoms with Crippen molar-refractivity contribution in [3.05, 3.63) is 81.9 Å². The fourth-order valence-corrected chi connectivity index (χ4v) is 2.95. The Morgan fingerprint density at radius 3 is 2.54 bits per heavy atom. The summed E-state index contributed by atoms with van der Waals surface area (Å²) in [6.45, 7) is 1.41. The highest BCUT2D eigenvalue weighted by Gasteiger charge is 2.13. The molecule has 0 unspecified atom stereocenters. The Hall–Kier alpha value is -3.74. The molecule has 0 aliphatic rings. The second-order valence-corrected chi connectivity index (χ2v) is 6.40. The SMILES string of the molecule is Cc1ccc(NC(=O)CNC(=O)Cc2cccc3ccccc23)cc1[N+](=O)[O-]. The highest BCUT2D eigenvalue weighted by atomic mass is 16.6. The molecule has 0 radical (unpaired) electrons. The first-order chi connectivity index (χ1) is 13.4. The van der Waals surface area contributed by atoms with Gasteiger partial charge in [0.25, 0.3) is 5.69 Å². The molecule has 7 nitrogen and oxygen atoms in total. The first-order valence-electron chi connectivity index (χ1n) is 8.72. The molecule has 7 heteroatoms. The molecule has 0 aromatic heterocycles. The lowest BCUT2D eigenvalue weighted by molar-refractivity contribution is -0.385. The number of amides is 2. The Balaban J connectivity index is 1.58. The smallest absolute Gasteiger partial charge is 0.274 e. The van der Waals surface area contributed by atoms with Crippen molar-refractivity contribution in [1.82, 2.24) is 5.32 Å². The molecule has 2 amide bonds. The van der Waals surface area contributed by atoms with Gasteiger partial charge in [-0.1, -0.05) is 48.5 Å². The zero-order valence-electron chi connectivity index (χ0n) is 15.3. The molecule has 0 fully saturated rings. The summed E-state index contributed by atoms with van der Waals surface area (Å²) < 4.78 is 0. The maximum Gasteiger partial charge on any atom is 0.274 e. The van der Waals surface area contributed by atoms with Crippen molar-refractivity contribution in [2.24, 2.45) is 0 Å². The molecule has 3 rings (SSSR count). The number of rotatable bonds is 6. The second kappa shape index (κ2) is 8.30. The van der Waals surface area contributed by atoms with Crippen molar-refractivity contribution in [3.63, 3.8) is 0 Å².